The minimum absolute atomic E-state index is 0.510. The molecule has 1 atom stereocenters. The van der Waals surface area contributed by atoms with Crippen molar-refractivity contribution in [2.24, 2.45) is 0 Å². The van der Waals surface area contributed by atoms with Gasteiger partial charge in [-0.05, 0) is 38.6 Å². The van der Waals surface area contributed by atoms with E-state index in [1.165, 1.54) is 5.56 Å². The number of nitrogens with zero attached hydrogens (tertiary/aromatic N) is 3. The Balaban J connectivity index is 2.11. The predicted molar refractivity (Wildman–Crippen MR) is 85.3 cm³/mol. The number of piperazine rings is 1. The van der Waals surface area contributed by atoms with Crippen LogP contribution < -0.4 is 10.2 Å². The second kappa shape index (κ2) is 6.55. The highest BCUT2D eigenvalue weighted by Crippen LogP contribution is 2.19. The first-order valence-corrected chi connectivity index (χ1v) is 7.62. The largest absolute Gasteiger partial charge is 0.354 e. The van der Waals surface area contributed by atoms with Gasteiger partial charge in [-0.1, -0.05) is 13.8 Å². The molecule has 4 heteroatoms. The third-order valence-electron chi connectivity index (χ3n) is 4.00. The Morgan fingerprint density at radius 2 is 2.10 bits per heavy atom. The highest BCUT2D eigenvalue weighted by Gasteiger charge is 2.21. The van der Waals surface area contributed by atoms with Gasteiger partial charge in [0, 0.05) is 44.0 Å². The lowest BCUT2D eigenvalue weighted by molar-refractivity contribution is 0.233. The number of nitrogens with one attached hydrogen (secondary N) is 1. The quantitative estimate of drug-likeness (QED) is 0.912. The fourth-order valence-corrected chi connectivity index (χ4v) is 2.56. The number of aryl methyl sites for hydroxylation is 1. The molecule has 4 nitrogen and oxygen atoms in total. The Kier molecular flexibility index (Phi) is 5.00. The fraction of sp³-hybridized carbons (Fsp3) is 0.688. The second-order valence-corrected chi connectivity index (χ2v) is 6.29. The lowest BCUT2D eigenvalue weighted by Gasteiger charge is -2.38. The molecule has 0 saturated carbocycles. The first kappa shape index (κ1) is 15.3. The summed E-state index contributed by atoms with van der Waals surface area (Å²) in [5, 5.41) is 3.48. The van der Waals surface area contributed by atoms with Gasteiger partial charge in [0.25, 0.3) is 0 Å². The van der Waals surface area contributed by atoms with Crippen molar-refractivity contribution >= 4 is 5.82 Å². The highest BCUT2D eigenvalue weighted by atomic mass is 15.3. The zero-order valence-electron chi connectivity index (χ0n) is 13.5. The molecule has 1 aliphatic rings. The molecule has 0 amide bonds. The van der Waals surface area contributed by atoms with Crippen molar-refractivity contribution in [1.29, 1.82) is 0 Å². The Morgan fingerprint density at radius 3 is 2.75 bits per heavy atom. The molecule has 1 aromatic heterocycles. The number of anilines is 1. The second-order valence-electron chi connectivity index (χ2n) is 6.29. The van der Waals surface area contributed by atoms with E-state index in [1.54, 1.807) is 0 Å². The Bertz CT molecular complexity index is 444. The summed E-state index contributed by atoms with van der Waals surface area (Å²) in [6.45, 7) is 12.9. The molecule has 2 rings (SSSR count). The summed E-state index contributed by atoms with van der Waals surface area (Å²) in [4.78, 5) is 9.55. The summed E-state index contributed by atoms with van der Waals surface area (Å²) >= 11 is 0. The smallest absolute Gasteiger partial charge is 0.129 e. The minimum atomic E-state index is 0.510. The van der Waals surface area contributed by atoms with Gasteiger partial charge < -0.3 is 15.1 Å². The Labute approximate surface area is 123 Å². The van der Waals surface area contributed by atoms with Crippen molar-refractivity contribution in [3.8, 4) is 0 Å². The van der Waals surface area contributed by atoms with Gasteiger partial charge in [-0.15, -0.1) is 0 Å². The lowest BCUT2D eigenvalue weighted by atomic mass is 10.1. The van der Waals surface area contributed by atoms with Gasteiger partial charge >= 0.3 is 0 Å². The molecule has 1 aliphatic heterocycles. The van der Waals surface area contributed by atoms with Gasteiger partial charge in [0.2, 0.25) is 0 Å². The van der Waals surface area contributed by atoms with Crippen LogP contribution in [0.4, 0.5) is 5.82 Å². The molecule has 0 bridgehead atoms. The maximum atomic E-state index is 4.72. The van der Waals surface area contributed by atoms with E-state index in [9.17, 15) is 0 Å². The van der Waals surface area contributed by atoms with Gasteiger partial charge in [0.15, 0.2) is 0 Å². The monoisotopic (exact) mass is 276 g/mol. The van der Waals surface area contributed by atoms with E-state index in [-0.39, 0.29) is 0 Å². The molecule has 20 heavy (non-hydrogen) atoms. The van der Waals surface area contributed by atoms with Crippen molar-refractivity contribution in [2.75, 3.05) is 31.6 Å². The number of likely N-dealkylation sites (N-methyl/N-ethyl adjacent to an activating group) is 1. The summed E-state index contributed by atoms with van der Waals surface area (Å²) < 4.78 is 0. The first-order chi connectivity index (χ1) is 9.45. The molecular weight excluding hydrogens is 248 g/mol. The van der Waals surface area contributed by atoms with E-state index in [4.69, 9.17) is 4.98 Å². The van der Waals surface area contributed by atoms with Crippen LogP contribution in [-0.4, -0.2) is 48.6 Å². The average Bonchev–Trinajstić information content (AvgIpc) is 2.39. The van der Waals surface area contributed by atoms with Crippen molar-refractivity contribution < 1.29 is 0 Å². The highest BCUT2D eigenvalue weighted by molar-refractivity contribution is 5.43. The minimum Gasteiger partial charge on any atom is -0.354 e. The lowest BCUT2D eigenvalue weighted by Crippen LogP contribution is -2.50. The van der Waals surface area contributed by atoms with Gasteiger partial charge in [0.05, 0.1) is 0 Å². The van der Waals surface area contributed by atoms with Gasteiger partial charge in [0.1, 0.15) is 5.82 Å². The van der Waals surface area contributed by atoms with Crippen LogP contribution in [0.25, 0.3) is 0 Å². The fourth-order valence-electron chi connectivity index (χ4n) is 2.56. The molecule has 0 radical (unpaired) electrons. The number of aromatic nitrogens is 1. The Morgan fingerprint density at radius 1 is 1.35 bits per heavy atom. The van der Waals surface area contributed by atoms with Crippen LogP contribution >= 0.6 is 0 Å². The molecule has 1 N–H and O–H groups in total. The summed E-state index contributed by atoms with van der Waals surface area (Å²) in [6.07, 6.45) is 0. The molecular formula is C16H28N4. The molecule has 0 spiro atoms. The van der Waals surface area contributed by atoms with Crippen LogP contribution in [-0.2, 0) is 6.54 Å². The first-order valence-electron chi connectivity index (χ1n) is 7.62. The third kappa shape index (κ3) is 3.93. The van der Waals surface area contributed by atoms with Crippen LogP contribution in [0, 0.1) is 6.92 Å². The maximum absolute atomic E-state index is 4.72. The number of hydrogen-bond acceptors (Lipinski definition) is 4. The molecule has 112 valence electrons. The number of rotatable bonds is 4. The molecule has 2 heterocycles. The molecule has 1 aromatic rings. The van der Waals surface area contributed by atoms with Crippen LogP contribution in [0.5, 0.6) is 0 Å². The van der Waals surface area contributed by atoms with Crippen LogP contribution in [0.2, 0.25) is 0 Å². The standard InChI is InChI=1S/C16H28N4/c1-12(2)17-10-15-8-13(3)18-16(9-15)20-7-6-19(5)14(4)11-20/h8-9,12,14,17H,6-7,10-11H2,1-5H3. The summed E-state index contributed by atoms with van der Waals surface area (Å²) in [7, 11) is 2.20. The summed E-state index contributed by atoms with van der Waals surface area (Å²) in [5.74, 6) is 1.13. The topological polar surface area (TPSA) is 31.4 Å². The van der Waals surface area contributed by atoms with Gasteiger partial charge in [-0.2, -0.15) is 0 Å². The van der Waals surface area contributed by atoms with E-state index >= 15 is 0 Å². The van der Waals surface area contributed by atoms with E-state index in [1.807, 2.05) is 0 Å². The van der Waals surface area contributed by atoms with Crippen molar-refractivity contribution in [3.05, 3.63) is 23.4 Å². The van der Waals surface area contributed by atoms with Crippen molar-refractivity contribution in [2.45, 2.75) is 46.3 Å². The zero-order valence-corrected chi connectivity index (χ0v) is 13.5. The van der Waals surface area contributed by atoms with Crippen LogP contribution in [0.15, 0.2) is 12.1 Å². The van der Waals surface area contributed by atoms with Gasteiger partial charge in [-0.3, -0.25) is 0 Å². The number of hydrogen-bond donors (Lipinski definition) is 1. The maximum Gasteiger partial charge on any atom is 0.129 e. The predicted octanol–water partition coefficient (Wildman–Crippen LogP) is 2.03. The normalized spacial score (nSPS) is 20.7. The van der Waals surface area contributed by atoms with E-state index in [0.29, 0.717) is 12.1 Å². The van der Waals surface area contributed by atoms with Crippen LogP contribution in [0.3, 0.4) is 0 Å². The third-order valence-corrected chi connectivity index (χ3v) is 4.00. The summed E-state index contributed by atoms with van der Waals surface area (Å²) in [5.41, 5.74) is 2.43. The van der Waals surface area contributed by atoms with Crippen molar-refractivity contribution in [3.63, 3.8) is 0 Å². The molecule has 1 fully saturated rings. The Hall–Kier alpha value is -1.13. The van der Waals surface area contributed by atoms with E-state index < -0.39 is 0 Å². The average molecular weight is 276 g/mol. The SMILES string of the molecule is Cc1cc(CNC(C)C)cc(N2CCN(C)C(C)C2)n1. The van der Waals surface area contributed by atoms with Crippen LogP contribution in [0.1, 0.15) is 32.0 Å². The van der Waals surface area contributed by atoms with Crippen molar-refractivity contribution in [1.82, 2.24) is 15.2 Å². The molecule has 1 saturated heterocycles. The van der Waals surface area contributed by atoms with E-state index in [2.05, 4.69) is 62.0 Å². The molecule has 0 aliphatic carbocycles. The summed E-state index contributed by atoms with van der Waals surface area (Å²) in [6, 6.07) is 5.51. The number of pyridine rings is 1. The van der Waals surface area contributed by atoms with E-state index in [0.717, 1.165) is 37.7 Å². The zero-order chi connectivity index (χ0) is 14.7. The molecule has 1 unspecified atom stereocenters. The molecule has 0 aromatic carbocycles. The van der Waals surface area contributed by atoms with Gasteiger partial charge in [-0.25, -0.2) is 4.98 Å².